The molecule has 1 aliphatic rings. The first-order valence-electron chi connectivity index (χ1n) is 8.59. The largest absolute Gasteiger partial charge is 0.396 e. The lowest BCUT2D eigenvalue weighted by molar-refractivity contribution is 0.277. The zero-order chi connectivity index (χ0) is 16.5. The summed E-state index contributed by atoms with van der Waals surface area (Å²) in [4.78, 5) is 7.94. The van der Waals surface area contributed by atoms with Crippen molar-refractivity contribution in [2.24, 2.45) is 0 Å². The molecule has 0 spiro atoms. The predicted octanol–water partition coefficient (Wildman–Crippen LogP) is 3.61. The highest BCUT2D eigenvalue weighted by Gasteiger charge is 2.24. The van der Waals surface area contributed by atoms with Gasteiger partial charge in [0.1, 0.15) is 5.82 Å². The molecule has 0 saturated heterocycles. The second kappa shape index (κ2) is 6.36. The van der Waals surface area contributed by atoms with Gasteiger partial charge >= 0.3 is 0 Å². The number of hydrogen-bond donors (Lipinski definition) is 2. The third-order valence-corrected chi connectivity index (χ3v) is 4.82. The molecule has 3 aromatic rings. The zero-order valence-electron chi connectivity index (χ0n) is 13.5. The number of hydrogen-bond acceptors (Lipinski definition) is 3. The van der Waals surface area contributed by atoms with Crippen molar-refractivity contribution in [3.05, 3.63) is 36.0 Å². The van der Waals surface area contributed by atoms with Crippen molar-refractivity contribution >= 4 is 10.9 Å². The van der Waals surface area contributed by atoms with Crippen LogP contribution in [0.2, 0.25) is 0 Å². The van der Waals surface area contributed by atoms with Crippen molar-refractivity contribution in [2.45, 2.75) is 44.6 Å². The fraction of sp³-hybridized carbons (Fsp3) is 0.444. The number of H-pyrrole nitrogens is 1. The van der Waals surface area contributed by atoms with Gasteiger partial charge in [0.2, 0.25) is 0 Å². The summed E-state index contributed by atoms with van der Waals surface area (Å²) < 4.78 is 15.3. The highest BCUT2D eigenvalue weighted by atomic mass is 19.1. The van der Waals surface area contributed by atoms with Gasteiger partial charge in [-0.15, -0.1) is 0 Å². The minimum absolute atomic E-state index is 0.122. The van der Waals surface area contributed by atoms with Gasteiger partial charge in [-0.05, 0) is 37.5 Å². The van der Waals surface area contributed by atoms with Crippen molar-refractivity contribution in [1.29, 1.82) is 0 Å². The van der Waals surface area contributed by atoms with E-state index in [1.54, 1.807) is 6.07 Å². The van der Waals surface area contributed by atoms with Gasteiger partial charge in [0.05, 0.1) is 0 Å². The Labute approximate surface area is 139 Å². The third kappa shape index (κ3) is 2.71. The van der Waals surface area contributed by atoms with E-state index < -0.39 is 0 Å². The van der Waals surface area contributed by atoms with E-state index >= 15 is 0 Å². The van der Waals surface area contributed by atoms with Gasteiger partial charge < -0.3 is 10.1 Å². The summed E-state index contributed by atoms with van der Waals surface area (Å²) in [6, 6.07) is 4.73. The Kier molecular flexibility index (Phi) is 4.06. The first-order valence-corrected chi connectivity index (χ1v) is 8.59. The Morgan fingerprint density at radius 2 is 2.12 bits per heavy atom. The van der Waals surface area contributed by atoms with E-state index in [2.05, 4.69) is 4.98 Å². The number of halogens is 1. The Bertz CT molecular complexity index is 848. The van der Waals surface area contributed by atoms with E-state index in [4.69, 9.17) is 15.2 Å². The first kappa shape index (κ1) is 15.3. The minimum Gasteiger partial charge on any atom is -0.396 e. The highest BCUT2D eigenvalue weighted by molar-refractivity contribution is 5.93. The van der Waals surface area contributed by atoms with Crippen LogP contribution in [0.25, 0.3) is 22.3 Å². The average Bonchev–Trinajstić information content (AvgIpc) is 3.30. The van der Waals surface area contributed by atoms with E-state index in [9.17, 15) is 4.39 Å². The molecular formula is C18H21FN4O. The van der Waals surface area contributed by atoms with Gasteiger partial charge in [0.15, 0.2) is 11.6 Å². The molecule has 1 aromatic carbocycles. The molecule has 1 aliphatic carbocycles. The van der Waals surface area contributed by atoms with Gasteiger partial charge in [-0.25, -0.2) is 14.1 Å². The highest BCUT2D eigenvalue weighted by Crippen LogP contribution is 2.34. The molecule has 4 rings (SSSR count). The maximum Gasteiger partial charge on any atom is 0.160 e. The van der Waals surface area contributed by atoms with Crippen LogP contribution < -0.4 is 0 Å². The van der Waals surface area contributed by atoms with Gasteiger partial charge in [-0.2, -0.15) is 5.10 Å². The predicted molar refractivity (Wildman–Crippen MR) is 90.2 cm³/mol. The van der Waals surface area contributed by atoms with Gasteiger partial charge in [-0.1, -0.05) is 12.8 Å². The molecule has 126 valence electrons. The first-order chi connectivity index (χ1) is 11.8. The molecule has 2 N–H and O–H groups in total. The van der Waals surface area contributed by atoms with Crippen LogP contribution in [0.3, 0.4) is 0 Å². The third-order valence-electron chi connectivity index (χ3n) is 4.82. The Hall–Kier alpha value is -2.21. The molecule has 0 bridgehead atoms. The molecule has 0 unspecified atom stereocenters. The molecule has 1 fully saturated rings. The maximum atomic E-state index is 13.4. The lowest BCUT2D eigenvalue weighted by Crippen LogP contribution is -2.05. The van der Waals surface area contributed by atoms with Crippen molar-refractivity contribution in [3.8, 4) is 11.4 Å². The summed E-state index contributed by atoms with van der Waals surface area (Å²) in [5, 5.41) is 14.8. The number of aliphatic hydroxyl groups excluding tert-OH is 1. The molecule has 0 aliphatic heterocycles. The number of aromatic nitrogens is 4. The molecule has 0 radical (unpaired) electrons. The van der Waals surface area contributed by atoms with Crippen LogP contribution in [0, 0.1) is 5.82 Å². The number of nitrogens with one attached hydrogen (secondary N) is 1. The standard InChI is InChI=1S/C18H21FN4O/c19-13-6-7-14-15(11-20-16(14)10-13)18-21-17(12-4-1-2-5-12)22-23(18)8-3-9-24/h6-7,10-12,20,24H,1-5,8-9H2. The second-order valence-electron chi connectivity index (χ2n) is 6.47. The van der Waals surface area contributed by atoms with Crippen molar-refractivity contribution < 1.29 is 9.50 Å². The summed E-state index contributed by atoms with van der Waals surface area (Å²) >= 11 is 0. The molecular weight excluding hydrogens is 307 g/mol. The van der Waals surface area contributed by atoms with E-state index in [0.29, 0.717) is 18.9 Å². The SMILES string of the molecule is OCCCn1nc(C2CCCC2)nc1-c1c[nH]c2cc(F)ccc12. The van der Waals surface area contributed by atoms with Gasteiger partial charge in [-0.3, -0.25) is 0 Å². The van der Waals surface area contributed by atoms with Gasteiger partial charge in [0.25, 0.3) is 0 Å². The molecule has 0 amide bonds. The Morgan fingerprint density at radius 1 is 1.29 bits per heavy atom. The summed E-state index contributed by atoms with van der Waals surface area (Å²) in [6.45, 7) is 0.747. The molecule has 2 aromatic heterocycles. The fourth-order valence-corrected chi connectivity index (χ4v) is 3.58. The smallest absolute Gasteiger partial charge is 0.160 e. The number of fused-ring (bicyclic) bond motifs is 1. The summed E-state index contributed by atoms with van der Waals surface area (Å²) in [6.07, 6.45) is 7.25. The number of rotatable bonds is 5. The second-order valence-corrected chi connectivity index (χ2v) is 6.47. The van der Waals surface area contributed by atoms with Crippen LogP contribution in [0.15, 0.2) is 24.4 Å². The molecule has 24 heavy (non-hydrogen) atoms. The van der Waals surface area contributed by atoms with Crippen molar-refractivity contribution in [1.82, 2.24) is 19.7 Å². The number of aliphatic hydroxyl groups is 1. The van der Waals surface area contributed by atoms with Crippen LogP contribution in [0.4, 0.5) is 4.39 Å². The van der Waals surface area contributed by atoms with E-state index in [1.165, 1.54) is 25.0 Å². The number of aromatic amines is 1. The Balaban J connectivity index is 1.79. The summed E-state index contributed by atoms with van der Waals surface area (Å²) in [5.41, 5.74) is 1.68. The summed E-state index contributed by atoms with van der Waals surface area (Å²) in [7, 11) is 0. The maximum absolute atomic E-state index is 13.4. The fourth-order valence-electron chi connectivity index (χ4n) is 3.58. The quantitative estimate of drug-likeness (QED) is 0.752. The lowest BCUT2D eigenvalue weighted by atomic mass is 10.1. The molecule has 0 atom stereocenters. The number of aryl methyl sites for hydroxylation is 1. The topological polar surface area (TPSA) is 66.7 Å². The Morgan fingerprint density at radius 3 is 2.92 bits per heavy atom. The van der Waals surface area contributed by atoms with Gasteiger partial charge in [0, 0.05) is 41.7 Å². The van der Waals surface area contributed by atoms with E-state index in [-0.39, 0.29) is 12.4 Å². The normalized spacial score (nSPS) is 15.6. The van der Waals surface area contributed by atoms with Crippen LogP contribution >= 0.6 is 0 Å². The zero-order valence-corrected chi connectivity index (χ0v) is 13.5. The van der Waals surface area contributed by atoms with Crippen molar-refractivity contribution in [2.75, 3.05) is 6.61 Å². The molecule has 5 nitrogen and oxygen atoms in total. The van der Waals surface area contributed by atoms with E-state index in [1.807, 2.05) is 10.9 Å². The van der Waals surface area contributed by atoms with Crippen LogP contribution in [-0.2, 0) is 6.54 Å². The number of benzene rings is 1. The van der Waals surface area contributed by atoms with Crippen LogP contribution in [0.1, 0.15) is 43.8 Å². The lowest BCUT2D eigenvalue weighted by Gasteiger charge is -2.04. The number of nitrogens with zero attached hydrogens (tertiary/aromatic N) is 3. The van der Waals surface area contributed by atoms with Crippen LogP contribution in [0.5, 0.6) is 0 Å². The average molecular weight is 328 g/mol. The monoisotopic (exact) mass is 328 g/mol. The summed E-state index contributed by atoms with van der Waals surface area (Å²) in [5.74, 6) is 1.87. The van der Waals surface area contributed by atoms with Crippen molar-refractivity contribution in [3.63, 3.8) is 0 Å². The molecule has 2 heterocycles. The van der Waals surface area contributed by atoms with E-state index in [0.717, 1.165) is 41.0 Å². The minimum atomic E-state index is -0.260. The molecule has 1 saturated carbocycles. The van der Waals surface area contributed by atoms with Crippen LogP contribution in [-0.4, -0.2) is 31.5 Å². The molecule has 6 heteroatoms.